The fourth-order valence-electron chi connectivity index (χ4n) is 2.21. The van der Waals surface area contributed by atoms with Crippen LogP contribution in [-0.4, -0.2) is 0 Å². The van der Waals surface area contributed by atoms with Crippen molar-refractivity contribution >= 4 is 32.7 Å². The maximum atomic E-state index is 5.51. The van der Waals surface area contributed by atoms with Crippen LogP contribution in [0.25, 0.3) is 32.7 Å². The molecule has 2 aromatic carbocycles. The van der Waals surface area contributed by atoms with E-state index in [-0.39, 0.29) is 0 Å². The zero-order valence-corrected chi connectivity index (χ0v) is 8.44. The summed E-state index contributed by atoms with van der Waals surface area (Å²) < 4.78 is 10.9. The fraction of sp³-hybridized carbons (Fsp3) is 0. The fourth-order valence-corrected chi connectivity index (χ4v) is 2.21. The molecule has 0 bridgehead atoms. The molecule has 0 unspecified atom stereocenters. The lowest BCUT2D eigenvalue weighted by atomic mass is 10.1. The topological polar surface area (TPSA) is 26.3 Å². The van der Waals surface area contributed by atoms with Gasteiger partial charge in [-0.25, -0.2) is 0 Å². The molecular weight excluding hydrogens is 200 g/mol. The molecule has 0 aliphatic heterocycles. The van der Waals surface area contributed by atoms with Crippen molar-refractivity contribution in [3.8, 4) is 0 Å². The van der Waals surface area contributed by atoms with Gasteiger partial charge in [0.15, 0.2) is 0 Å². The third kappa shape index (κ3) is 0.910. The van der Waals surface area contributed by atoms with Crippen molar-refractivity contribution in [2.75, 3.05) is 0 Å². The van der Waals surface area contributed by atoms with Crippen LogP contribution < -0.4 is 0 Å². The molecule has 2 nitrogen and oxygen atoms in total. The van der Waals surface area contributed by atoms with Crippen LogP contribution in [-0.2, 0) is 0 Å². The first kappa shape index (κ1) is 7.99. The van der Waals surface area contributed by atoms with Gasteiger partial charge in [0.1, 0.15) is 11.2 Å². The van der Waals surface area contributed by atoms with Crippen molar-refractivity contribution in [3.63, 3.8) is 0 Å². The van der Waals surface area contributed by atoms with E-state index in [1.165, 1.54) is 5.39 Å². The Morgan fingerprint density at radius 1 is 0.688 bits per heavy atom. The Kier molecular flexibility index (Phi) is 1.33. The molecule has 0 atom stereocenters. The molecule has 16 heavy (non-hydrogen) atoms. The van der Waals surface area contributed by atoms with Crippen LogP contribution in [0.15, 0.2) is 57.8 Å². The molecule has 4 aromatic rings. The minimum atomic E-state index is 0.899. The van der Waals surface area contributed by atoms with Gasteiger partial charge < -0.3 is 8.83 Å². The Balaban J connectivity index is 2.33. The van der Waals surface area contributed by atoms with Gasteiger partial charge >= 0.3 is 0 Å². The molecule has 0 N–H and O–H groups in total. The van der Waals surface area contributed by atoms with Gasteiger partial charge in [-0.15, -0.1) is 0 Å². The predicted octanol–water partition coefficient (Wildman–Crippen LogP) is 4.33. The lowest BCUT2D eigenvalue weighted by Crippen LogP contribution is -1.73. The Hall–Kier alpha value is -2.22. The van der Waals surface area contributed by atoms with Crippen molar-refractivity contribution in [3.05, 3.63) is 48.9 Å². The highest BCUT2D eigenvalue weighted by atomic mass is 16.3. The molecule has 0 fully saturated rings. The van der Waals surface area contributed by atoms with Crippen LogP contribution >= 0.6 is 0 Å². The van der Waals surface area contributed by atoms with E-state index in [9.17, 15) is 0 Å². The van der Waals surface area contributed by atoms with E-state index in [0.717, 1.165) is 27.3 Å². The van der Waals surface area contributed by atoms with Crippen molar-refractivity contribution < 1.29 is 8.83 Å². The normalized spacial score (nSPS) is 11.8. The second-order valence-corrected chi connectivity index (χ2v) is 3.94. The quantitative estimate of drug-likeness (QED) is 0.430. The summed E-state index contributed by atoms with van der Waals surface area (Å²) in [4.78, 5) is 0. The average molecular weight is 208 g/mol. The van der Waals surface area contributed by atoms with Crippen LogP contribution in [0.5, 0.6) is 0 Å². The summed E-state index contributed by atoms with van der Waals surface area (Å²) in [6.45, 7) is 0. The van der Waals surface area contributed by atoms with E-state index < -0.39 is 0 Å². The minimum absolute atomic E-state index is 0.899. The van der Waals surface area contributed by atoms with E-state index in [2.05, 4.69) is 18.2 Å². The molecule has 0 aliphatic rings. The summed E-state index contributed by atoms with van der Waals surface area (Å²) in [6.07, 6.45) is 3.43. The van der Waals surface area contributed by atoms with Crippen LogP contribution in [0.3, 0.4) is 0 Å². The monoisotopic (exact) mass is 208 g/mol. The van der Waals surface area contributed by atoms with Gasteiger partial charge in [-0.3, -0.25) is 0 Å². The van der Waals surface area contributed by atoms with Crippen molar-refractivity contribution in [2.45, 2.75) is 0 Å². The molecule has 2 heteroatoms. The summed E-state index contributed by atoms with van der Waals surface area (Å²) in [6, 6.07) is 12.3. The van der Waals surface area contributed by atoms with Crippen molar-refractivity contribution in [2.24, 2.45) is 0 Å². The van der Waals surface area contributed by atoms with Crippen molar-refractivity contribution in [1.29, 1.82) is 0 Å². The highest BCUT2D eigenvalue weighted by Gasteiger charge is 2.06. The molecule has 76 valence electrons. The van der Waals surface area contributed by atoms with E-state index >= 15 is 0 Å². The first-order valence-corrected chi connectivity index (χ1v) is 5.19. The number of hydrogen-bond acceptors (Lipinski definition) is 2. The highest BCUT2D eigenvalue weighted by molar-refractivity contribution is 6.08. The van der Waals surface area contributed by atoms with Crippen molar-refractivity contribution in [1.82, 2.24) is 0 Å². The number of benzene rings is 2. The van der Waals surface area contributed by atoms with E-state index in [1.807, 2.05) is 18.2 Å². The van der Waals surface area contributed by atoms with Gasteiger partial charge in [-0.1, -0.05) is 12.1 Å². The molecule has 0 aliphatic carbocycles. The van der Waals surface area contributed by atoms with E-state index in [0.29, 0.717) is 0 Å². The smallest absolute Gasteiger partial charge is 0.141 e. The summed E-state index contributed by atoms with van der Waals surface area (Å²) in [5, 5.41) is 4.53. The first-order valence-electron chi connectivity index (χ1n) is 5.19. The summed E-state index contributed by atoms with van der Waals surface area (Å²) in [5.41, 5.74) is 1.83. The second-order valence-electron chi connectivity index (χ2n) is 3.94. The predicted molar refractivity (Wildman–Crippen MR) is 63.5 cm³/mol. The Morgan fingerprint density at radius 3 is 2.50 bits per heavy atom. The largest absolute Gasteiger partial charge is 0.464 e. The zero-order valence-electron chi connectivity index (χ0n) is 8.44. The molecule has 2 aromatic heterocycles. The van der Waals surface area contributed by atoms with Gasteiger partial charge in [0.2, 0.25) is 0 Å². The van der Waals surface area contributed by atoms with Gasteiger partial charge in [0.05, 0.1) is 12.5 Å². The van der Waals surface area contributed by atoms with Crippen LogP contribution in [0.2, 0.25) is 0 Å². The molecular formula is C14H8O2. The second kappa shape index (κ2) is 2.67. The summed E-state index contributed by atoms with van der Waals surface area (Å²) >= 11 is 0. The Labute approximate surface area is 91.1 Å². The minimum Gasteiger partial charge on any atom is -0.464 e. The molecule has 4 rings (SSSR count). The van der Waals surface area contributed by atoms with Crippen LogP contribution in [0.1, 0.15) is 0 Å². The van der Waals surface area contributed by atoms with Gasteiger partial charge in [-0.2, -0.15) is 0 Å². The molecule has 0 amide bonds. The zero-order chi connectivity index (χ0) is 10.5. The van der Waals surface area contributed by atoms with Crippen LogP contribution in [0, 0.1) is 0 Å². The van der Waals surface area contributed by atoms with E-state index in [4.69, 9.17) is 8.83 Å². The third-order valence-electron chi connectivity index (χ3n) is 3.01. The standard InChI is InChI=1S/C14H8O2/c1-2-10-7-11-4-5-15-13(11)8-12(10)14-9(1)3-6-16-14/h1-8H. The third-order valence-corrected chi connectivity index (χ3v) is 3.01. The van der Waals surface area contributed by atoms with E-state index in [1.54, 1.807) is 12.5 Å². The highest BCUT2D eigenvalue weighted by Crippen LogP contribution is 2.30. The lowest BCUT2D eigenvalue weighted by Gasteiger charge is -1.98. The molecule has 2 heterocycles. The molecule has 0 saturated heterocycles. The number of furan rings is 2. The lowest BCUT2D eigenvalue weighted by molar-refractivity contribution is 0.614. The Morgan fingerprint density at radius 2 is 1.50 bits per heavy atom. The molecule has 0 radical (unpaired) electrons. The summed E-state index contributed by atoms with van der Waals surface area (Å²) in [5.74, 6) is 0. The average Bonchev–Trinajstić information content (AvgIpc) is 2.94. The number of fused-ring (bicyclic) bond motifs is 4. The van der Waals surface area contributed by atoms with Gasteiger partial charge in [-0.05, 0) is 29.7 Å². The maximum absolute atomic E-state index is 5.51. The Bertz CT molecular complexity index is 804. The SMILES string of the molecule is c1cc2cc3ccc4ccoc4c3cc2o1. The molecule has 0 saturated carbocycles. The summed E-state index contributed by atoms with van der Waals surface area (Å²) in [7, 11) is 0. The van der Waals surface area contributed by atoms with Gasteiger partial charge in [0.25, 0.3) is 0 Å². The van der Waals surface area contributed by atoms with Gasteiger partial charge in [0, 0.05) is 16.2 Å². The van der Waals surface area contributed by atoms with Crippen LogP contribution in [0.4, 0.5) is 0 Å². The first-order chi connectivity index (χ1) is 7.92. The maximum Gasteiger partial charge on any atom is 0.141 e. The number of rotatable bonds is 0. The molecule has 0 spiro atoms. The number of hydrogen-bond donors (Lipinski definition) is 0.